The SMILES string of the molecule is Cc1cnc(C)c(NCC(C)C(=O)O)n1. The van der Waals surface area contributed by atoms with E-state index in [2.05, 4.69) is 15.3 Å². The lowest BCUT2D eigenvalue weighted by molar-refractivity contribution is -0.140. The third kappa shape index (κ3) is 3.19. The second-order valence-electron chi connectivity index (χ2n) is 3.57. The van der Waals surface area contributed by atoms with Crippen LogP contribution in [0, 0.1) is 19.8 Å². The summed E-state index contributed by atoms with van der Waals surface area (Å²) in [5, 5.41) is 11.7. The van der Waals surface area contributed by atoms with Crippen LogP contribution >= 0.6 is 0 Å². The van der Waals surface area contributed by atoms with Crippen LogP contribution in [0.4, 0.5) is 5.82 Å². The minimum absolute atomic E-state index is 0.355. The van der Waals surface area contributed by atoms with Crippen molar-refractivity contribution in [1.29, 1.82) is 0 Å². The molecule has 1 atom stereocenters. The van der Waals surface area contributed by atoms with Crippen molar-refractivity contribution in [3.8, 4) is 0 Å². The molecular weight excluding hydrogens is 194 g/mol. The van der Waals surface area contributed by atoms with E-state index in [0.717, 1.165) is 11.4 Å². The minimum atomic E-state index is -0.819. The zero-order valence-electron chi connectivity index (χ0n) is 9.11. The number of aliphatic carboxylic acids is 1. The number of carboxylic acid groups (broad SMARTS) is 1. The standard InChI is InChI=1S/C10H15N3O2/c1-6(10(14)15)4-12-9-8(3)11-5-7(2)13-9/h5-6H,4H2,1-3H3,(H,12,13)(H,14,15). The molecular formula is C10H15N3O2. The van der Waals surface area contributed by atoms with E-state index in [1.807, 2.05) is 13.8 Å². The van der Waals surface area contributed by atoms with Crippen molar-refractivity contribution < 1.29 is 9.90 Å². The van der Waals surface area contributed by atoms with Crippen molar-refractivity contribution in [2.75, 3.05) is 11.9 Å². The van der Waals surface area contributed by atoms with E-state index in [1.54, 1.807) is 13.1 Å². The molecule has 0 saturated heterocycles. The zero-order chi connectivity index (χ0) is 11.4. The second kappa shape index (κ2) is 4.72. The van der Waals surface area contributed by atoms with Crippen LogP contribution in [-0.2, 0) is 4.79 Å². The monoisotopic (exact) mass is 209 g/mol. The third-order valence-corrected chi connectivity index (χ3v) is 2.07. The maximum absolute atomic E-state index is 10.6. The molecule has 0 aliphatic carbocycles. The molecule has 1 aromatic heterocycles. The first-order valence-corrected chi connectivity index (χ1v) is 4.77. The first-order valence-electron chi connectivity index (χ1n) is 4.77. The Balaban J connectivity index is 2.65. The summed E-state index contributed by atoms with van der Waals surface area (Å²) < 4.78 is 0. The van der Waals surface area contributed by atoms with Gasteiger partial charge in [0.1, 0.15) is 5.82 Å². The largest absolute Gasteiger partial charge is 0.481 e. The fraction of sp³-hybridized carbons (Fsp3) is 0.500. The van der Waals surface area contributed by atoms with Gasteiger partial charge in [-0.05, 0) is 13.8 Å². The van der Waals surface area contributed by atoms with Crippen LogP contribution in [0.25, 0.3) is 0 Å². The van der Waals surface area contributed by atoms with Gasteiger partial charge in [0.2, 0.25) is 0 Å². The third-order valence-electron chi connectivity index (χ3n) is 2.07. The smallest absolute Gasteiger partial charge is 0.308 e. The molecule has 0 amide bonds. The van der Waals surface area contributed by atoms with Gasteiger partial charge in [-0.25, -0.2) is 4.98 Å². The highest BCUT2D eigenvalue weighted by Crippen LogP contribution is 2.09. The van der Waals surface area contributed by atoms with Gasteiger partial charge < -0.3 is 10.4 Å². The zero-order valence-corrected chi connectivity index (χ0v) is 9.11. The van der Waals surface area contributed by atoms with E-state index >= 15 is 0 Å². The van der Waals surface area contributed by atoms with Gasteiger partial charge in [0, 0.05) is 12.7 Å². The Morgan fingerprint density at radius 3 is 2.87 bits per heavy atom. The molecule has 0 aromatic carbocycles. The molecule has 5 nitrogen and oxygen atoms in total. The Kier molecular flexibility index (Phi) is 3.60. The highest BCUT2D eigenvalue weighted by molar-refractivity contribution is 5.70. The Bertz CT molecular complexity index is 366. The molecule has 5 heteroatoms. The predicted octanol–water partition coefficient (Wildman–Crippen LogP) is 1.23. The number of anilines is 1. The quantitative estimate of drug-likeness (QED) is 0.780. The normalized spacial score (nSPS) is 12.2. The van der Waals surface area contributed by atoms with E-state index in [9.17, 15) is 4.79 Å². The Labute approximate surface area is 88.6 Å². The van der Waals surface area contributed by atoms with E-state index in [1.165, 1.54) is 0 Å². The summed E-state index contributed by atoms with van der Waals surface area (Å²) in [6, 6.07) is 0. The summed E-state index contributed by atoms with van der Waals surface area (Å²) in [5.74, 6) is -0.601. The van der Waals surface area contributed by atoms with E-state index < -0.39 is 11.9 Å². The predicted molar refractivity (Wildman–Crippen MR) is 56.8 cm³/mol. The van der Waals surface area contributed by atoms with Crippen LogP contribution in [0.3, 0.4) is 0 Å². The molecule has 0 saturated carbocycles. The van der Waals surface area contributed by atoms with Crippen molar-refractivity contribution in [3.63, 3.8) is 0 Å². The molecule has 0 aliphatic heterocycles. The summed E-state index contributed by atoms with van der Waals surface area (Å²) in [5.41, 5.74) is 1.59. The molecule has 0 aliphatic rings. The fourth-order valence-corrected chi connectivity index (χ4v) is 1.04. The summed E-state index contributed by atoms with van der Waals surface area (Å²) in [4.78, 5) is 19.0. The van der Waals surface area contributed by atoms with Crippen LogP contribution in [0.2, 0.25) is 0 Å². The number of rotatable bonds is 4. The van der Waals surface area contributed by atoms with Crippen LogP contribution in [0.1, 0.15) is 18.3 Å². The maximum Gasteiger partial charge on any atom is 0.308 e. The highest BCUT2D eigenvalue weighted by Gasteiger charge is 2.11. The molecule has 15 heavy (non-hydrogen) atoms. The van der Waals surface area contributed by atoms with E-state index in [0.29, 0.717) is 12.4 Å². The van der Waals surface area contributed by atoms with Crippen molar-refractivity contribution >= 4 is 11.8 Å². The van der Waals surface area contributed by atoms with Gasteiger partial charge in [-0.2, -0.15) is 0 Å². The lowest BCUT2D eigenvalue weighted by Gasteiger charge is -2.10. The van der Waals surface area contributed by atoms with E-state index in [4.69, 9.17) is 5.11 Å². The number of carbonyl (C=O) groups is 1. The van der Waals surface area contributed by atoms with Crippen molar-refractivity contribution in [3.05, 3.63) is 17.6 Å². The molecule has 0 radical (unpaired) electrons. The van der Waals surface area contributed by atoms with Crippen molar-refractivity contribution in [2.24, 2.45) is 5.92 Å². The second-order valence-corrected chi connectivity index (χ2v) is 3.57. The van der Waals surface area contributed by atoms with Crippen LogP contribution < -0.4 is 5.32 Å². The highest BCUT2D eigenvalue weighted by atomic mass is 16.4. The average Bonchev–Trinajstić information content (AvgIpc) is 2.18. The number of aryl methyl sites for hydroxylation is 2. The molecule has 0 bridgehead atoms. The van der Waals surface area contributed by atoms with Gasteiger partial charge >= 0.3 is 5.97 Å². The topological polar surface area (TPSA) is 75.1 Å². The number of nitrogens with one attached hydrogen (secondary N) is 1. The Morgan fingerprint density at radius 1 is 1.60 bits per heavy atom. The van der Waals surface area contributed by atoms with Gasteiger partial charge in [-0.3, -0.25) is 9.78 Å². The molecule has 1 unspecified atom stereocenters. The summed E-state index contributed by atoms with van der Waals surface area (Å²) in [6.07, 6.45) is 1.68. The van der Waals surface area contributed by atoms with Crippen molar-refractivity contribution in [2.45, 2.75) is 20.8 Å². The first kappa shape index (κ1) is 11.4. The number of hydrogen-bond donors (Lipinski definition) is 2. The molecule has 1 rings (SSSR count). The van der Waals surface area contributed by atoms with Gasteiger partial charge in [-0.1, -0.05) is 6.92 Å². The number of hydrogen-bond acceptors (Lipinski definition) is 4. The van der Waals surface area contributed by atoms with E-state index in [-0.39, 0.29) is 0 Å². The van der Waals surface area contributed by atoms with Crippen LogP contribution in [0.15, 0.2) is 6.20 Å². The maximum atomic E-state index is 10.6. The first-order chi connectivity index (χ1) is 7.00. The summed E-state index contributed by atoms with van der Waals surface area (Å²) >= 11 is 0. The van der Waals surface area contributed by atoms with Crippen LogP contribution in [-0.4, -0.2) is 27.6 Å². The molecule has 82 valence electrons. The number of aromatic nitrogens is 2. The summed E-state index contributed by atoms with van der Waals surface area (Å²) in [6.45, 7) is 5.68. The van der Waals surface area contributed by atoms with Gasteiger partial charge in [0.15, 0.2) is 0 Å². The van der Waals surface area contributed by atoms with Gasteiger partial charge in [-0.15, -0.1) is 0 Å². The number of carboxylic acids is 1. The lowest BCUT2D eigenvalue weighted by atomic mass is 10.2. The lowest BCUT2D eigenvalue weighted by Crippen LogP contribution is -2.20. The molecule has 2 N–H and O–H groups in total. The number of nitrogens with zero attached hydrogens (tertiary/aromatic N) is 2. The van der Waals surface area contributed by atoms with Gasteiger partial charge in [0.25, 0.3) is 0 Å². The molecule has 0 fully saturated rings. The van der Waals surface area contributed by atoms with Crippen LogP contribution in [0.5, 0.6) is 0 Å². The average molecular weight is 209 g/mol. The Hall–Kier alpha value is -1.65. The van der Waals surface area contributed by atoms with Crippen molar-refractivity contribution in [1.82, 2.24) is 9.97 Å². The molecule has 1 aromatic rings. The summed E-state index contributed by atoms with van der Waals surface area (Å²) in [7, 11) is 0. The minimum Gasteiger partial charge on any atom is -0.481 e. The fourth-order valence-electron chi connectivity index (χ4n) is 1.04. The molecule has 0 spiro atoms. The Morgan fingerprint density at radius 2 is 2.27 bits per heavy atom. The van der Waals surface area contributed by atoms with Gasteiger partial charge in [0.05, 0.1) is 17.3 Å². The molecule has 1 heterocycles.